The number of thiazole rings is 1. The van der Waals surface area contributed by atoms with E-state index in [1.807, 2.05) is 12.4 Å². The molecule has 0 aliphatic heterocycles. The van der Waals surface area contributed by atoms with Gasteiger partial charge >= 0.3 is 0 Å². The van der Waals surface area contributed by atoms with Gasteiger partial charge in [0.05, 0.1) is 5.01 Å². The predicted molar refractivity (Wildman–Crippen MR) is 71.3 cm³/mol. The molecule has 0 saturated carbocycles. The van der Waals surface area contributed by atoms with E-state index in [2.05, 4.69) is 18.8 Å². The van der Waals surface area contributed by atoms with Gasteiger partial charge in [-0.25, -0.2) is 4.98 Å². The zero-order valence-electron chi connectivity index (χ0n) is 10.8. The highest BCUT2D eigenvalue weighted by atomic mass is 32.1. The summed E-state index contributed by atoms with van der Waals surface area (Å²) in [6.45, 7) is 5.62. The van der Waals surface area contributed by atoms with Crippen LogP contribution < -0.4 is 5.73 Å². The molecule has 96 valence electrons. The summed E-state index contributed by atoms with van der Waals surface area (Å²) in [6.07, 6.45) is 1.82. The van der Waals surface area contributed by atoms with Crippen LogP contribution in [-0.2, 0) is 6.42 Å². The fourth-order valence-corrected chi connectivity index (χ4v) is 2.31. The number of amides is 1. The van der Waals surface area contributed by atoms with Crippen LogP contribution in [0.15, 0.2) is 5.38 Å². The van der Waals surface area contributed by atoms with Crippen molar-refractivity contribution in [2.45, 2.75) is 26.7 Å². The Labute approximate surface area is 107 Å². The molecular formula is C12H21N3OS. The Morgan fingerprint density at radius 3 is 2.94 bits per heavy atom. The Hall–Kier alpha value is -0.940. The van der Waals surface area contributed by atoms with E-state index >= 15 is 0 Å². The molecule has 17 heavy (non-hydrogen) atoms. The molecule has 1 heterocycles. The molecule has 1 aromatic heterocycles. The number of carbonyl (C=O) groups excluding carboxylic acids is 1. The molecule has 0 aromatic carbocycles. The van der Waals surface area contributed by atoms with Gasteiger partial charge in [0.25, 0.3) is 5.91 Å². The largest absolute Gasteiger partial charge is 0.340 e. The fraction of sp³-hybridized carbons (Fsp3) is 0.667. The highest BCUT2D eigenvalue weighted by Crippen LogP contribution is 2.13. The quantitative estimate of drug-likeness (QED) is 0.842. The zero-order valence-corrected chi connectivity index (χ0v) is 11.6. The van der Waals surface area contributed by atoms with E-state index in [9.17, 15) is 4.79 Å². The first kappa shape index (κ1) is 14.1. The van der Waals surface area contributed by atoms with Crippen LogP contribution in [0.25, 0.3) is 0 Å². The number of nitrogens with zero attached hydrogens (tertiary/aromatic N) is 2. The third-order valence-electron chi connectivity index (χ3n) is 2.76. The van der Waals surface area contributed by atoms with Gasteiger partial charge < -0.3 is 10.6 Å². The number of aromatic nitrogens is 1. The monoisotopic (exact) mass is 255 g/mol. The number of hydrogen-bond donors (Lipinski definition) is 1. The molecule has 0 fully saturated rings. The average molecular weight is 255 g/mol. The minimum Gasteiger partial charge on any atom is -0.340 e. The SMILES string of the molecule is CCC(C)CN(C)C(=O)c1csc(CCN)n1. The lowest BCUT2D eigenvalue weighted by molar-refractivity contribution is 0.0769. The molecule has 0 bridgehead atoms. The normalized spacial score (nSPS) is 12.5. The van der Waals surface area contributed by atoms with E-state index < -0.39 is 0 Å². The summed E-state index contributed by atoms with van der Waals surface area (Å²) in [5.41, 5.74) is 6.01. The van der Waals surface area contributed by atoms with Gasteiger partial charge in [0, 0.05) is 25.4 Å². The molecule has 0 aliphatic carbocycles. The summed E-state index contributed by atoms with van der Waals surface area (Å²) in [6, 6.07) is 0. The van der Waals surface area contributed by atoms with Crippen LogP contribution >= 0.6 is 11.3 Å². The van der Waals surface area contributed by atoms with Gasteiger partial charge in [-0.15, -0.1) is 11.3 Å². The third-order valence-corrected chi connectivity index (χ3v) is 3.67. The number of carbonyl (C=O) groups is 1. The summed E-state index contributed by atoms with van der Waals surface area (Å²) in [5, 5.41) is 2.76. The lowest BCUT2D eigenvalue weighted by Crippen LogP contribution is -2.31. The van der Waals surface area contributed by atoms with Crippen molar-refractivity contribution in [2.75, 3.05) is 20.1 Å². The molecule has 0 saturated heterocycles. The van der Waals surface area contributed by atoms with Gasteiger partial charge in [-0.1, -0.05) is 20.3 Å². The van der Waals surface area contributed by atoms with Crippen molar-refractivity contribution in [1.29, 1.82) is 0 Å². The highest BCUT2D eigenvalue weighted by Gasteiger charge is 2.16. The van der Waals surface area contributed by atoms with Crippen LogP contribution in [0.3, 0.4) is 0 Å². The first-order valence-corrected chi connectivity index (χ1v) is 6.86. The van der Waals surface area contributed by atoms with Crippen molar-refractivity contribution in [2.24, 2.45) is 11.7 Å². The van der Waals surface area contributed by atoms with E-state index in [0.717, 1.165) is 24.4 Å². The maximum atomic E-state index is 12.1. The number of hydrogen-bond acceptors (Lipinski definition) is 4. The van der Waals surface area contributed by atoms with E-state index in [0.29, 0.717) is 18.2 Å². The van der Waals surface area contributed by atoms with Crippen molar-refractivity contribution < 1.29 is 4.79 Å². The standard InChI is InChI=1S/C12H21N3OS/c1-4-9(2)7-15(3)12(16)10-8-17-11(14-10)5-6-13/h8-9H,4-7,13H2,1-3H3. The van der Waals surface area contributed by atoms with E-state index in [1.54, 1.807) is 4.90 Å². The smallest absolute Gasteiger partial charge is 0.273 e. The first-order chi connectivity index (χ1) is 8.08. The summed E-state index contributed by atoms with van der Waals surface area (Å²) in [5.74, 6) is 0.524. The van der Waals surface area contributed by atoms with Gasteiger partial charge in [-0.05, 0) is 12.5 Å². The molecule has 0 aliphatic rings. The second kappa shape index (κ2) is 6.71. The lowest BCUT2D eigenvalue weighted by atomic mass is 10.1. The van der Waals surface area contributed by atoms with E-state index in [-0.39, 0.29) is 5.91 Å². The summed E-state index contributed by atoms with van der Waals surface area (Å²) in [4.78, 5) is 18.1. The molecule has 1 rings (SSSR count). The summed E-state index contributed by atoms with van der Waals surface area (Å²) < 4.78 is 0. The third kappa shape index (κ3) is 4.09. The van der Waals surface area contributed by atoms with Crippen molar-refractivity contribution in [3.63, 3.8) is 0 Å². The number of rotatable bonds is 6. The molecular weight excluding hydrogens is 234 g/mol. The molecule has 1 amide bonds. The van der Waals surface area contributed by atoms with Crippen LogP contribution in [0, 0.1) is 5.92 Å². The van der Waals surface area contributed by atoms with E-state index in [4.69, 9.17) is 5.73 Å². The molecule has 1 atom stereocenters. The maximum absolute atomic E-state index is 12.1. The molecule has 5 heteroatoms. The summed E-state index contributed by atoms with van der Waals surface area (Å²) >= 11 is 1.51. The van der Waals surface area contributed by atoms with E-state index in [1.165, 1.54) is 11.3 Å². The van der Waals surface area contributed by atoms with Gasteiger partial charge in [0.2, 0.25) is 0 Å². The highest BCUT2D eigenvalue weighted by molar-refractivity contribution is 7.09. The molecule has 4 nitrogen and oxygen atoms in total. The van der Waals surface area contributed by atoms with Crippen LogP contribution in [0.5, 0.6) is 0 Å². The van der Waals surface area contributed by atoms with Gasteiger partial charge in [-0.3, -0.25) is 4.79 Å². The van der Waals surface area contributed by atoms with Crippen molar-refractivity contribution in [3.05, 3.63) is 16.1 Å². The topological polar surface area (TPSA) is 59.2 Å². The molecule has 2 N–H and O–H groups in total. The Kier molecular flexibility index (Phi) is 5.58. The molecule has 0 spiro atoms. The Bertz CT molecular complexity index is 364. The fourth-order valence-electron chi connectivity index (χ4n) is 1.52. The predicted octanol–water partition coefficient (Wildman–Crippen LogP) is 1.76. The Balaban J connectivity index is 2.61. The Morgan fingerprint density at radius 2 is 2.35 bits per heavy atom. The van der Waals surface area contributed by atoms with Gasteiger partial charge in [-0.2, -0.15) is 0 Å². The van der Waals surface area contributed by atoms with Crippen LogP contribution in [0.2, 0.25) is 0 Å². The second-order valence-corrected chi connectivity index (χ2v) is 5.31. The van der Waals surface area contributed by atoms with Crippen molar-refractivity contribution in [1.82, 2.24) is 9.88 Å². The van der Waals surface area contributed by atoms with Crippen molar-refractivity contribution in [3.8, 4) is 0 Å². The lowest BCUT2D eigenvalue weighted by Gasteiger charge is -2.19. The van der Waals surface area contributed by atoms with Gasteiger partial charge in [0.15, 0.2) is 0 Å². The molecule has 0 radical (unpaired) electrons. The maximum Gasteiger partial charge on any atom is 0.273 e. The van der Waals surface area contributed by atoms with Gasteiger partial charge in [0.1, 0.15) is 5.69 Å². The Morgan fingerprint density at radius 1 is 1.65 bits per heavy atom. The van der Waals surface area contributed by atoms with Crippen molar-refractivity contribution >= 4 is 17.2 Å². The first-order valence-electron chi connectivity index (χ1n) is 5.98. The average Bonchev–Trinajstić information content (AvgIpc) is 2.76. The molecule has 1 aromatic rings. The minimum absolute atomic E-state index is 0.00446. The zero-order chi connectivity index (χ0) is 12.8. The van der Waals surface area contributed by atoms with Crippen LogP contribution in [0.4, 0.5) is 0 Å². The van der Waals surface area contributed by atoms with Crippen LogP contribution in [0.1, 0.15) is 35.8 Å². The second-order valence-electron chi connectivity index (χ2n) is 4.36. The minimum atomic E-state index is 0.00446. The van der Waals surface area contributed by atoms with Crippen LogP contribution in [-0.4, -0.2) is 35.9 Å². The summed E-state index contributed by atoms with van der Waals surface area (Å²) in [7, 11) is 1.83. The number of nitrogens with two attached hydrogens (primary N) is 1. The molecule has 1 unspecified atom stereocenters.